The summed E-state index contributed by atoms with van der Waals surface area (Å²) in [4.78, 5) is 27.0. The third-order valence-corrected chi connectivity index (χ3v) is 5.66. The lowest BCUT2D eigenvalue weighted by Crippen LogP contribution is -3.11. The van der Waals surface area contributed by atoms with Gasteiger partial charge in [0.2, 0.25) is 0 Å². The van der Waals surface area contributed by atoms with Crippen LogP contribution in [-0.2, 0) is 22.4 Å². The van der Waals surface area contributed by atoms with E-state index in [-0.39, 0.29) is 17.9 Å². The van der Waals surface area contributed by atoms with Crippen molar-refractivity contribution < 1.29 is 19.2 Å². The molecule has 0 aliphatic heterocycles. The van der Waals surface area contributed by atoms with Crippen LogP contribution in [0, 0.1) is 5.92 Å². The molecule has 1 aliphatic rings. The number of anilines is 1. The summed E-state index contributed by atoms with van der Waals surface area (Å²) in [7, 11) is 3.88. The highest BCUT2D eigenvalue weighted by molar-refractivity contribution is 7.17. The van der Waals surface area contributed by atoms with Crippen LogP contribution in [0.5, 0.6) is 0 Å². The predicted molar refractivity (Wildman–Crippen MR) is 92.4 cm³/mol. The monoisotopic (exact) mass is 339 g/mol. The Bertz CT molecular complexity index is 595. The number of quaternary nitrogens is 1. The van der Waals surface area contributed by atoms with Crippen LogP contribution in [0.25, 0.3) is 0 Å². The van der Waals surface area contributed by atoms with E-state index in [9.17, 15) is 9.59 Å². The number of amides is 1. The van der Waals surface area contributed by atoms with Crippen LogP contribution in [-0.4, -0.2) is 38.6 Å². The quantitative estimate of drug-likeness (QED) is 0.800. The summed E-state index contributed by atoms with van der Waals surface area (Å²) in [6.07, 6.45) is 2.92. The number of esters is 1. The van der Waals surface area contributed by atoms with Gasteiger partial charge in [0.25, 0.3) is 5.91 Å². The van der Waals surface area contributed by atoms with Crippen LogP contribution in [0.3, 0.4) is 0 Å². The number of hydrogen-bond acceptors (Lipinski definition) is 4. The molecule has 2 rings (SSSR count). The highest BCUT2D eigenvalue weighted by Gasteiger charge is 2.30. The number of carbonyl (C=O) groups excluding carboxylic acids is 2. The molecule has 128 valence electrons. The number of rotatable bonds is 5. The summed E-state index contributed by atoms with van der Waals surface area (Å²) < 4.78 is 5.22. The molecule has 1 aromatic rings. The maximum absolute atomic E-state index is 12.4. The number of hydrogen-bond donors (Lipinski definition) is 2. The molecule has 0 radical (unpaired) electrons. The van der Waals surface area contributed by atoms with Crippen molar-refractivity contribution in [3.8, 4) is 0 Å². The zero-order valence-corrected chi connectivity index (χ0v) is 15.4. The molecule has 0 unspecified atom stereocenters. The molecular formula is C17H27N2O3S+. The smallest absolute Gasteiger partial charge is 0.341 e. The van der Waals surface area contributed by atoms with Gasteiger partial charge in [-0.05, 0) is 44.6 Å². The van der Waals surface area contributed by atoms with Crippen molar-refractivity contribution in [1.82, 2.24) is 0 Å². The molecule has 0 aromatic carbocycles. The Morgan fingerprint density at radius 2 is 2.13 bits per heavy atom. The Morgan fingerprint density at radius 3 is 2.74 bits per heavy atom. The van der Waals surface area contributed by atoms with Gasteiger partial charge in [0.15, 0.2) is 6.04 Å². The highest BCUT2D eigenvalue weighted by Crippen LogP contribution is 2.40. The number of fused-ring (bicyclic) bond motifs is 1. The van der Waals surface area contributed by atoms with E-state index >= 15 is 0 Å². The van der Waals surface area contributed by atoms with E-state index in [0.29, 0.717) is 23.1 Å². The molecule has 1 amide bonds. The first-order chi connectivity index (χ1) is 10.8. The van der Waals surface area contributed by atoms with Gasteiger partial charge in [0, 0.05) is 4.88 Å². The summed E-state index contributed by atoms with van der Waals surface area (Å²) >= 11 is 1.54. The van der Waals surface area contributed by atoms with Gasteiger partial charge in [-0.2, -0.15) is 0 Å². The van der Waals surface area contributed by atoms with E-state index in [1.165, 1.54) is 16.2 Å². The average molecular weight is 339 g/mol. The minimum absolute atomic E-state index is 0.0674. The zero-order chi connectivity index (χ0) is 17.1. The zero-order valence-electron chi connectivity index (χ0n) is 14.6. The number of likely N-dealkylation sites (N-methyl/N-ethyl adjacent to an activating group) is 1. The topological polar surface area (TPSA) is 59.8 Å². The standard InChI is InChI=1S/C17H26N2O3S/c1-6-22-17(21)14-12-8-7-10(2)9-13(12)23-16(14)18-15(20)11(3)19(4)5/h10-11H,6-9H2,1-5H3,(H,18,20)/p+1/t10-,11-/m0/s1. The van der Waals surface area contributed by atoms with Crippen molar-refractivity contribution in [2.45, 2.75) is 46.1 Å². The minimum Gasteiger partial charge on any atom is -0.462 e. The van der Waals surface area contributed by atoms with Crippen molar-refractivity contribution in [2.75, 3.05) is 26.0 Å². The Morgan fingerprint density at radius 1 is 1.43 bits per heavy atom. The van der Waals surface area contributed by atoms with Gasteiger partial charge in [-0.15, -0.1) is 11.3 Å². The molecule has 1 aromatic heterocycles. The Balaban J connectivity index is 2.34. The van der Waals surface area contributed by atoms with Gasteiger partial charge in [0.1, 0.15) is 5.00 Å². The first-order valence-electron chi connectivity index (χ1n) is 8.27. The van der Waals surface area contributed by atoms with E-state index in [0.717, 1.165) is 29.7 Å². The van der Waals surface area contributed by atoms with Crippen molar-refractivity contribution in [2.24, 2.45) is 5.92 Å². The summed E-state index contributed by atoms with van der Waals surface area (Å²) in [5.41, 5.74) is 1.65. The SMILES string of the molecule is CCOC(=O)c1c(NC(=O)[C@H](C)[NH+](C)C)sc2c1CC[C@H](C)C2. The van der Waals surface area contributed by atoms with Crippen molar-refractivity contribution in [3.05, 3.63) is 16.0 Å². The van der Waals surface area contributed by atoms with E-state index < -0.39 is 0 Å². The summed E-state index contributed by atoms with van der Waals surface area (Å²) in [5, 5.41) is 3.61. The van der Waals surface area contributed by atoms with Crippen molar-refractivity contribution in [3.63, 3.8) is 0 Å². The fourth-order valence-corrected chi connectivity index (χ4v) is 4.14. The molecule has 0 fully saturated rings. The molecule has 5 nitrogen and oxygen atoms in total. The minimum atomic E-state index is -0.320. The number of nitrogens with one attached hydrogen (secondary N) is 2. The van der Waals surface area contributed by atoms with E-state index in [4.69, 9.17) is 4.74 Å². The third-order valence-electron chi connectivity index (χ3n) is 4.49. The summed E-state index contributed by atoms with van der Waals surface area (Å²) in [6, 6.07) is -0.178. The third kappa shape index (κ3) is 3.93. The maximum atomic E-state index is 12.4. The Labute approximate surface area is 142 Å². The van der Waals surface area contributed by atoms with E-state index in [1.54, 1.807) is 6.92 Å². The second-order valence-electron chi connectivity index (χ2n) is 6.56. The second-order valence-corrected chi connectivity index (χ2v) is 7.67. The Hall–Kier alpha value is -1.40. The largest absolute Gasteiger partial charge is 0.462 e. The van der Waals surface area contributed by atoms with Gasteiger partial charge < -0.3 is 15.0 Å². The van der Waals surface area contributed by atoms with E-state index in [1.807, 2.05) is 21.0 Å². The lowest BCUT2D eigenvalue weighted by Gasteiger charge is -2.18. The van der Waals surface area contributed by atoms with Crippen molar-refractivity contribution >= 4 is 28.2 Å². The first-order valence-corrected chi connectivity index (χ1v) is 9.09. The first kappa shape index (κ1) is 17.9. The van der Waals surface area contributed by atoms with Gasteiger partial charge >= 0.3 is 5.97 Å². The molecule has 1 heterocycles. The molecule has 0 bridgehead atoms. The highest BCUT2D eigenvalue weighted by atomic mass is 32.1. The number of thiophene rings is 1. The molecular weight excluding hydrogens is 312 g/mol. The van der Waals surface area contributed by atoms with Crippen LogP contribution in [0.4, 0.5) is 5.00 Å². The van der Waals surface area contributed by atoms with Crippen LogP contribution in [0.15, 0.2) is 0 Å². The number of ether oxygens (including phenoxy) is 1. The normalized spacial score (nSPS) is 18.4. The fraction of sp³-hybridized carbons (Fsp3) is 0.647. The maximum Gasteiger partial charge on any atom is 0.341 e. The molecule has 23 heavy (non-hydrogen) atoms. The molecule has 2 N–H and O–H groups in total. The predicted octanol–water partition coefficient (Wildman–Crippen LogP) is 1.52. The molecule has 0 saturated carbocycles. The van der Waals surface area contributed by atoms with Crippen LogP contribution in [0.1, 0.15) is 48.0 Å². The lowest BCUT2D eigenvalue weighted by atomic mass is 9.88. The van der Waals surface area contributed by atoms with Gasteiger partial charge in [-0.25, -0.2) is 4.79 Å². The van der Waals surface area contributed by atoms with Crippen LogP contribution < -0.4 is 10.2 Å². The molecule has 1 aliphatic carbocycles. The van der Waals surface area contributed by atoms with Gasteiger partial charge in [-0.1, -0.05) is 6.92 Å². The van der Waals surface area contributed by atoms with Crippen LogP contribution in [0.2, 0.25) is 0 Å². The van der Waals surface area contributed by atoms with Gasteiger partial charge in [-0.3, -0.25) is 4.79 Å². The fourth-order valence-electron chi connectivity index (χ4n) is 2.74. The second kappa shape index (κ2) is 7.45. The van der Waals surface area contributed by atoms with Crippen LogP contribution >= 0.6 is 11.3 Å². The summed E-state index contributed by atoms with van der Waals surface area (Å²) in [6.45, 7) is 6.24. The lowest BCUT2D eigenvalue weighted by molar-refractivity contribution is -0.873. The Kier molecular flexibility index (Phi) is 5.81. The van der Waals surface area contributed by atoms with Crippen molar-refractivity contribution in [1.29, 1.82) is 0 Å². The number of carbonyl (C=O) groups is 2. The van der Waals surface area contributed by atoms with E-state index in [2.05, 4.69) is 12.2 Å². The van der Waals surface area contributed by atoms with Gasteiger partial charge in [0.05, 0.1) is 26.3 Å². The summed E-state index contributed by atoms with van der Waals surface area (Å²) in [5.74, 6) is 0.229. The molecule has 0 saturated heterocycles. The molecule has 6 heteroatoms. The molecule has 2 atom stereocenters. The molecule has 0 spiro atoms. The average Bonchev–Trinajstić information content (AvgIpc) is 2.83.